The number of nitro benzene ring substituents is 1. The van der Waals surface area contributed by atoms with Gasteiger partial charge in [0.25, 0.3) is 5.69 Å². The van der Waals surface area contributed by atoms with E-state index < -0.39 is 4.92 Å². The van der Waals surface area contributed by atoms with Gasteiger partial charge >= 0.3 is 0 Å². The second-order valence-corrected chi connectivity index (χ2v) is 4.58. The smallest absolute Gasteiger partial charge is 0.269 e. The van der Waals surface area contributed by atoms with Gasteiger partial charge in [0.2, 0.25) is 5.89 Å². The molecule has 2 aromatic rings. The zero-order valence-corrected chi connectivity index (χ0v) is 11.9. The van der Waals surface area contributed by atoms with Crippen LogP contribution in [0.25, 0.3) is 0 Å². The van der Waals surface area contributed by atoms with Crippen LogP contribution >= 0.6 is 0 Å². The lowest BCUT2D eigenvalue weighted by atomic mass is 10.3. The number of aromatic nitrogens is 1. The van der Waals surface area contributed by atoms with Crippen molar-refractivity contribution in [3.05, 3.63) is 52.2 Å². The number of non-ortho nitro benzene ring substituents is 1. The monoisotopic (exact) mass is 291 g/mol. The van der Waals surface area contributed by atoms with Gasteiger partial charge in [-0.05, 0) is 26.0 Å². The van der Waals surface area contributed by atoms with Crippen molar-refractivity contribution in [2.45, 2.75) is 19.9 Å². The van der Waals surface area contributed by atoms with Crippen molar-refractivity contribution in [1.82, 2.24) is 10.3 Å². The number of aryl methyl sites for hydroxylation is 1. The van der Waals surface area contributed by atoms with Crippen LogP contribution in [0.2, 0.25) is 0 Å². The van der Waals surface area contributed by atoms with Crippen LogP contribution in [0.15, 0.2) is 34.9 Å². The molecule has 1 aromatic heterocycles. The van der Waals surface area contributed by atoms with E-state index in [2.05, 4.69) is 10.3 Å². The van der Waals surface area contributed by atoms with E-state index in [-0.39, 0.29) is 11.7 Å². The molecule has 2 rings (SSSR count). The molecule has 0 saturated carbocycles. The Bertz CT molecular complexity index is 595. The second kappa shape index (κ2) is 6.85. The molecule has 0 amide bonds. The molecule has 0 fully saturated rings. The van der Waals surface area contributed by atoms with Crippen LogP contribution in [0.1, 0.15) is 24.6 Å². The Morgan fingerprint density at radius 1 is 1.43 bits per heavy atom. The van der Waals surface area contributed by atoms with Crippen LogP contribution in [0.5, 0.6) is 5.75 Å². The maximum absolute atomic E-state index is 10.5. The van der Waals surface area contributed by atoms with Crippen LogP contribution in [-0.4, -0.2) is 23.1 Å². The van der Waals surface area contributed by atoms with Gasteiger partial charge in [-0.15, -0.1) is 0 Å². The molecule has 7 nitrogen and oxygen atoms in total. The van der Waals surface area contributed by atoms with Crippen molar-refractivity contribution >= 4 is 5.69 Å². The van der Waals surface area contributed by atoms with Crippen molar-refractivity contribution in [3.8, 4) is 5.75 Å². The molecule has 1 aromatic carbocycles. The molecule has 1 unspecified atom stereocenters. The number of benzene rings is 1. The number of ether oxygens (including phenoxy) is 1. The Kier molecular flexibility index (Phi) is 4.89. The molecule has 7 heteroatoms. The predicted octanol–water partition coefficient (Wildman–Crippen LogP) is 2.62. The molecule has 1 atom stereocenters. The summed E-state index contributed by atoms with van der Waals surface area (Å²) in [6, 6.07) is 6.00. The summed E-state index contributed by atoms with van der Waals surface area (Å²) in [4.78, 5) is 14.2. The Hall–Kier alpha value is -2.41. The lowest BCUT2D eigenvalue weighted by molar-refractivity contribution is -0.384. The number of hydrogen-bond acceptors (Lipinski definition) is 6. The van der Waals surface area contributed by atoms with Gasteiger partial charge in [0.1, 0.15) is 18.1 Å². The summed E-state index contributed by atoms with van der Waals surface area (Å²) in [5, 5.41) is 13.7. The first kappa shape index (κ1) is 15.0. The van der Waals surface area contributed by atoms with Crippen LogP contribution in [0.4, 0.5) is 5.69 Å². The Morgan fingerprint density at radius 2 is 2.14 bits per heavy atom. The average Bonchev–Trinajstić information content (AvgIpc) is 2.90. The third kappa shape index (κ3) is 4.28. The molecular weight excluding hydrogens is 274 g/mol. The molecule has 0 aliphatic carbocycles. The Labute approximate surface area is 122 Å². The molecule has 1 heterocycles. The van der Waals surface area contributed by atoms with Gasteiger partial charge in [-0.2, -0.15) is 0 Å². The van der Waals surface area contributed by atoms with Crippen molar-refractivity contribution in [1.29, 1.82) is 0 Å². The van der Waals surface area contributed by atoms with Gasteiger partial charge in [0, 0.05) is 18.7 Å². The maximum atomic E-state index is 10.5. The van der Waals surface area contributed by atoms with Gasteiger partial charge in [-0.25, -0.2) is 4.98 Å². The molecule has 0 bridgehead atoms. The summed E-state index contributed by atoms with van der Waals surface area (Å²) in [7, 11) is 0. The minimum atomic E-state index is -0.439. The highest BCUT2D eigenvalue weighted by Gasteiger charge is 2.10. The van der Waals surface area contributed by atoms with Gasteiger partial charge in [0.15, 0.2) is 0 Å². The fourth-order valence-corrected chi connectivity index (χ4v) is 1.77. The molecule has 0 spiro atoms. The van der Waals surface area contributed by atoms with E-state index in [0.717, 1.165) is 5.76 Å². The van der Waals surface area contributed by atoms with E-state index in [1.807, 2.05) is 13.8 Å². The normalized spacial score (nSPS) is 12.1. The topological polar surface area (TPSA) is 90.4 Å². The first-order valence-electron chi connectivity index (χ1n) is 6.59. The lowest BCUT2D eigenvalue weighted by Crippen LogP contribution is -2.24. The minimum absolute atomic E-state index is 0.000777. The van der Waals surface area contributed by atoms with Crippen molar-refractivity contribution in [3.63, 3.8) is 0 Å². The molecule has 112 valence electrons. The summed E-state index contributed by atoms with van der Waals surface area (Å²) in [6.45, 7) is 4.86. The van der Waals surface area contributed by atoms with E-state index in [1.54, 1.807) is 18.3 Å². The number of nitro groups is 1. The molecule has 0 aliphatic heterocycles. The van der Waals surface area contributed by atoms with Gasteiger partial charge in [-0.3, -0.25) is 10.1 Å². The van der Waals surface area contributed by atoms with Crippen molar-refractivity contribution in [2.24, 2.45) is 0 Å². The maximum Gasteiger partial charge on any atom is 0.269 e. The minimum Gasteiger partial charge on any atom is -0.492 e. The largest absolute Gasteiger partial charge is 0.492 e. The van der Waals surface area contributed by atoms with Crippen LogP contribution < -0.4 is 10.1 Å². The summed E-state index contributed by atoms with van der Waals surface area (Å²) in [5.41, 5.74) is 0.0494. The second-order valence-electron chi connectivity index (χ2n) is 4.58. The molecule has 0 radical (unpaired) electrons. The lowest BCUT2D eigenvalue weighted by Gasteiger charge is -2.11. The number of hydrogen-bond donors (Lipinski definition) is 1. The standard InChI is InChI=1S/C14H17N3O4/c1-10-9-16-14(21-10)11(2)15-7-8-20-13-5-3-12(4-6-13)17(18)19/h3-6,9,11,15H,7-8H2,1-2H3. The quantitative estimate of drug-likeness (QED) is 0.479. The van der Waals surface area contributed by atoms with E-state index in [0.29, 0.717) is 24.8 Å². The van der Waals surface area contributed by atoms with E-state index in [1.165, 1.54) is 12.1 Å². The highest BCUT2D eigenvalue weighted by atomic mass is 16.6. The molecule has 0 saturated heterocycles. The third-order valence-electron chi connectivity index (χ3n) is 2.88. The molecule has 0 aliphatic rings. The zero-order valence-electron chi connectivity index (χ0n) is 11.9. The third-order valence-corrected chi connectivity index (χ3v) is 2.88. The fraction of sp³-hybridized carbons (Fsp3) is 0.357. The summed E-state index contributed by atoms with van der Waals surface area (Å²) >= 11 is 0. The van der Waals surface area contributed by atoms with Gasteiger partial charge in [-0.1, -0.05) is 0 Å². The molecule has 1 N–H and O–H groups in total. The fourth-order valence-electron chi connectivity index (χ4n) is 1.77. The Morgan fingerprint density at radius 3 is 2.71 bits per heavy atom. The van der Waals surface area contributed by atoms with Crippen LogP contribution in [0.3, 0.4) is 0 Å². The van der Waals surface area contributed by atoms with E-state index in [4.69, 9.17) is 9.15 Å². The summed E-state index contributed by atoms with van der Waals surface area (Å²) < 4.78 is 10.9. The number of rotatable bonds is 7. The summed E-state index contributed by atoms with van der Waals surface area (Å²) in [6.07, 6.45) is 1.68. The predicted molar refractivity (Wildman–Crippen MR) is 76.2 cm³/mol. The van der Waals surface area contributed by atoms with Gasteiger partial charge in [0.05, 0.1) is 17.2 Å². The number of nitrogens with one attached hydrogen (secondary N) is 1. The van der Waals surface area contributed by atoms with Crippen LogP contribution in [-0.2, 0) is 0 Å². The first-order chi connectivity index (χ1) is 10.1. The molecular formula is C14H17N3O4. The first-order valence-corrected chi connectivity index (χ1v) is 6.59. The van der Waals surface area contributed by atoms with Crippen LogP contribution in [0, 0.1) is 17.0 Å². The van der Waals surface area contributed by atoms with E-state index >= 15 is 0 Å². The van der Waals surface area contributed by atoms with Crippen molar-refractivity contribution < 1.29 is 14.1 Å². The summed E-state index contributed by atoms with van der Waals surface area (Å²) in [5.74, 6) is 2.02. The zero-order chi connectivity index (χ0) is 15.2. The van der Waals surface area contributed by atoms with Gasteiger partial charge < -0.3 is 14.5 Å². The average molecular weight is 291 g/mol. The Balaban J connectivity index is 1.73. The number of nitrogens with zero attached hydrogens (tertiary/aromatic N) is 2. The van der Waals surface area contributed by atoms with Crippen molar-refractivity contribution in [2.75, 3.05) is 13.2 Å². The molecule has 21 heavy (non-hydrogen) atoms. The highest BCUT2D eigenvalue weighted by Crippen LogP contribution is 2.17. The SMILES string of the molecule is Cc1cnc(C(C)NCCOc2ccc([N+](=O)[O-])cc2)o1. The van der Waals surface area contributed by atoms with E-state index in [9.17, 15) is 10.1 Å². The highest BCUT2D eigenvalue weighted by molar-refractivity contribution is 5.35. The number of oxazole rings is 1.